The largest absolute Gasteiger partial charge is 0.492 e. The van der Waals surface area contributed by atoms with Crippen molar-refractivity contribution >= 4 is 16.3 Å². The van der Waals surface area contributed by atoms with Gasteiger partial charge in [0.25, 0.3) is 0 Å². The molecule has 4 rings (SSSR count). The zero-order valence-corrected chi connectivity index (χ0v) is 17.1. The molecule has 1 aromatic carbocycles. The standard InChI is InChI=1S/C20H26N4O2S/c1-13-21-19-24(22-13)18(25)17(27-19)16(23-9-11-26-12-10-23)14-5-7-15(8-6-14)20(2,3)4/h5-8,16,25H,9-12H2,1-4H3. The lowest BCUT2D eigenvalue weighted by Gasteiger charge is -2.34. The first-order valence-electron chi connectivity index (χ1n) is 9.32. The predicted octanol–water partition coefficient (Wildman–Crippen LogP) is 3.52. The minimum Gasteiger partial charge on any atom is -0.492 e. The van der Waals surface area contributed by atoms with Crippen LogP contribution in [-0.2, 0) is 10.2 Å². The highest BCUT2D eigenvalue weighted by Crippen LogP contribution is 2.40. The van der Waals surface area contributed by atoms with E-state index in [1.54, 1.807) is 4.52 Å². The highest BCUT2D eigenvalue weighted by atomic mass is 32.1. The van der Waals surface area contributed by atoms with Crippen LogP contribution in [0.4, 0.5) is 0 Å². The van der Waals surface area contributed by atoms with Gasteiger partial charge >= 0.3 is 0 Å². The number of hydrogen-bond donors (Lipinski definition) is 1. The molecule has 6 nitrogen and oxygen atoms in total. The van der Waals surface area contributed by atoms with Crippen molar-refractivity contribution in [3.05, 3.63) is 46.1 Å². The normalized spacial score (nSPS) is 17.5. The Bertz CT molecular complexity index is 933. The number of aromatic hydroxyl groups is 1. The smallest absolute Gasteiger partial charge is 0.230 e. The molecular weight excluding hydrogens is 360 g/mol. The Morgan fingerprint density at radius 3 is 2.41 bits per heavy atom. The lowest BCUT2D eigenvalue weighted by Crippen LogP contribution is -2.39. The molecule has 0 aliphatic carbocycles. The number of morpholine rings is 1. The number of rotatable bonds is 3. The fourth-order valence-corrected chi connectivity index (χ4v) is 4.72. The Morgan fingerprint density at radius 2 is 1.81 bits per heavy atom. The number of ether oxygens (including phenoxy) is 1. The van der Waals surface area contributed by atoms with Gasteiger partial charge in [0.15, 0.2) is 0 Å². The lowest BCUT2D eigenvalue weighted by atomic mass is 9.86. The molecule has 1 saturated heterocycles. The molecule has 0 bridgehead atoms. The van der Waals surface area contributed by atoms with Crippen molar-refractivity contribution in [2.45, 2.75) is 39.2 Å². The van der Waals surface area contributed by atoms with Crippen molar-refractivity contribution in [1.29, 1.82) is 0 Å². The number of benzene rings is 1. The monoisotopic (exact) mass is 386 g/mol. The van der Waals surface area contributed by atoms with E-state index < -0.39 is 0 Å². The second-order valence-electron chi connectivity index (χ2n) is 8.07. The molecular formula is C20H26N4O2S. The third kappa shape index (κ3) is 3.47. The van der Waals surface area contributed by atoms with Gasteiger partial charge in [0.05, 0.1) is 24.1 Å². The van der Waals surface area contributed by atoms with Gasteiger partial charge in [-0.15, -0.1) is 5.10 Å². The zero-order valence-electron chi connectivity index (χ0n) is 16.3. The Labute approximate surface area is 163 Å². The van der Waals surface area contributed by atoms with Crippen LogP contribution in [-0.4, -0.2) is 50.9 Å². The third-order valence-electron chi connectivity index (χ3n) is 5.06. The molecule has 0 spiro atoms. The summed E-state index contributed by atoms with van der Waals surface area (Å²) < 4.78 is 7.09. The van der Waals surface area contributed by atoms with Crippen LogP contribution in [0.15, 0.2) is 24.3 Å². The molecule has 1 aliphatic heterocycles. The van der Waals surface area contributed by atoms with E-state index in [-0.39, 0.29) is 17.3 Å². The molecule has 1 atom stereocenters. The average molecular weight is 387 g/mol. The molecule has 1 N–H and O–H groups in total. The predicted molar refractivity (Wildman–Crippen MR) is 107 cm³/mol. The van der Waals surface area contributed by atoms with Gasteiger partial charge in [0.1, 0.15) is 5.82 Å². The Morgan fingerprint density at radius 1 is 1.15 bits per heavy atom. The first kappa shape index (κ1) is 18.4. The number of fused-ring (bicyclic) bond motifs is 1. The molecule has 3 heterocycles. The van der Waals surface area contributed by atoms with Crippen LogP contribution in [0.25, 0.3) is 4.96 Å². The number of aryl methyl sites for hydroxylation is 1. The van der Waals surface area contributed by atoms with Gasteiger partial charge in [-0.2, -0.15) is 4.52 Å². The summed E-state index contributed by atoms with van der Waals surface area (Å²) in [6.45, 7) is 11.6. The molecule has 3 aromatic rings. The number of aromatic nitrogens is 3. The highest BCUT2D eigenvalue weighted by Gasteiger charge is 2.30. The van der Waals surface area contributed by atoms with Gasteiger partial charge in [-0.3, -0.25) is 4.90 Å². The lowest BCUT2D eigenvalue weighted by molar-refractivity contribution is 0.0241. The van der Waals surface area contributed by atoms with Gasteiger partial charge in [-0.25, -0.2) is 4.98 Å². The molecule has 144 valence electrons. The highest BCUT2D eigenvalue weighted by molar-refractivity contribution is 7.17. The molecule has 0 saturated carbocycles. The summed E-state index contributed by atoms with van der Waals surface area (Å²) in [5.41, 5.74) is 2.58. The van der Waals surface area contributed by atoms with Gasteiger partial charge in [0, 0.05) is 13.1 Å². The summed E-state index contributed by atoms with van der Waals surface area (Å²) in [6.07, 6.45) is 0. The van der Waals surface area contributed by atoms with Gasteiger partial charge in [-0.1, -0.05) is 56.4 Å². The minimum absolute atomic E-state index is 0.0308. The Hall–Kier alpha value is -1.96. The average Bonchev–Trinajstić information content (AvgIpc) is 3.14. The van der Waals surface area contributed by atoms with E-state index in [4.69, 9.17) is 4.74 Å². The van der Waals surface area contributed by atoms with Crippen molar-refractivity contribution in [3.63, 3.8) is 0 Å². The molecule has 1 unspecified atom stereocenters. The minimum atomic E-state index is -0.0308. The van der Waals surface area contributed by atoms with Crippen LogP contribution >= 0.6 is 11.3 Å². The fourth-order valence-electron chi connectivity index (χ4n) is 3.56. The van der Waals surface area contributed by atoms with Crippen molar-refractivity contribution < 1.29 is 9.84 Å². The van der Waals surface area contributed by atoms with Crippen LogP contribution in [0.5, 0.6) is 5.88 Å². The van der Waals surface area contributed by atoms with Crippen LogP contribution < -0.4 is 0 Å². The summed E-state index contributed by atoms with van der Waals surface area (Å²) in [5.74, 6) is 0.854. The molecule has 0 radical (unpaired) electrons. The fraction of sp³-hybridized carbons (Fsp3) is 0.500. The van der Waals surface area contributed by atoms with Crippen molar-refractivity contribution in [2.24, 2.45) is 0 Å². The van der Waals surface area contributed by atoms with E-state index in [0.717, 1.165) is 22.9 Å². The first-order chi connectivity index (χ1) is 12.8. The summed E-state index contributed by atoms with van der Waals surface area (Å²) >= 11 is 1.51. The van der Waals surface area contributed by atoms with Gasteiger partial charge in [0.2, 0.25) is 10.8 Å². The topological polar surface area (TPSA) is 62.9 Å². The maximum atomic E-state index is 10.9. The van der Waals surface area contributed by atoms with Crippen molar-refractivity contribution in [2.75, 3.05) is 26.3 Å². The SMILES string of the molecule is Cc1nc2sc(C(c3ccc(C(C)(C)C)cc3)N3CCOCC3)c(O)n2n1. The molecule has 7 heteroatoms. The summed E-state index contributed by atoms with van der Waals surface area (Å²) in [4.78, 5) is 8.41. The van der Waals surface area contributed by atoms with E-state index in [2.05, 4.69) is 60.0 Å². The van der Waals surface area contributed by atoms with Crippen molar-refractivity contribution in [3.8, 4) is 5.88 Å². The Kier molecular flexibility index (Phi) is 4.70. The maximum absolute atomic E-state index is 10.9. The van der Waals surface area contributed by atoms with Gasteiger partial charge < -0.3 is 9.84 Å². The second kappa shape index (κ2) is 6.89. The molecule has 1 fully saturated rings. The second-order valence-corrected chi connectivity index (χ2v) is 9.08. The summed E-state index contributed by atoms with van der Waals surface area (Å²) in [5, 5.41) is 15.2. The quantitative estimate of drug-likeness (QED) is 0.746. The van der Waals surface area contributed by atoms with E-state index in [1.807, 2.05) is 6.92 Å². The van der Waals surface area contributed by atoms with Crippen molar-refractivity contribution in [1.82, 2.24) is 19.5 Å². The Balaban J connectivity index is 1.78. The molecule has 27 heavy (non-hydrogen) atoms. The number of hydrogen-bond acceptors (Lipinski definition) is 6. The van der Waals surface area contributed by atoms with E-state index in [9.17, 15) is 5.11 Å². The van der Waals surface area contributed by atoms with Crippen LogP contribution in [0, 0.1) is 6.92 Å². The van der Waals surface area contributed by atoms with E-state index in [1.165, 1.54) is 22.5 Å². The number of nitrogens with zero attached hydrogens (tertiary/aromatic N) is 4. The van der Waals surface area contributed by atoms with Crippen LogP contribution in [0.3, 0.4) is 0 Å². The van der Waals surface area contributed by atoms with Crippen LogP contribution in [0.2, 0.25) is 0 Å². The van der Waals surface area contributed by atoms with E-state index >= 15 is 0 Å². The first-order valence-corrected chi connectivity index (χ1v) is 10.1. The molecule has 1 aliphatic rings. The third-order valence-corrected chi connectivity index (χ3v) is 6.13. The molecule has 2 aromatic heterocycles. The van der Waals surface area contributed by atoms with Crippen LogP contribution in [0.1, 0.15) is 48.6 Å². The van der Waals surface area contributed by atoms with E-state index in [0.29, 0.717) is 19.0 Å². The zero-order chi connectivity index (χ0) is 19.2. The maximum Gasteiger partial charge on any atom is 0.230 e. The summed E-state index contributed by atoms with van der Waals surface area (Å²) in [6, 6.07) is 8.72. The van der Waals surface area contributed by atoms with Gasteiger partial charge in [-0.05, 0) is 23.5 Å². The summed E-state index contributed by atoms with van der Waals surface area (Å²) in [7, 11) is 0. The number of thiazole rings is 1. The molecule has 0 amide bonds.